The summed E-state index contributed by atoms with van der Waals surface area (Å²) in [6, 6.07) is 19.0. The molecule has 4 aromatic rings. The summed E-state index contributed by atoms with van der Waals surface area (Å²) in [7, 11) is 0. The summed E-state index contributed by atoms with van der Waals surface area (Å²) >= 11 is 5.98. The summed E-state index contributed by atoms with van der Waals surface area (Å²) in [5, 5.41) is 2.68. The van der Waals surface area contributed by atoms with E-state index in [2.05, 4.69) is 4.98 Å². The van der Waals surface area contributed by atoms with Crippen LogP contribution in [0.2, 0.25) is 5.15 Å². The van der Waals surface area contributed by atoms with Gasteiger partial charge in [-0.05, 0) is 24.3 Å². The third-order valence-electron chi connectivity index (χ3n) is 3.75. The highest BCUT2D eigenvalue weighted by molar-refractivity contribution is 6.30. The van der Waals surface area contributed by atoms with Gasteiger partial charge in [0.2, 0.25) is 0 Å². The van der Waals surface area contributed by atoms with Crippen LogP contribution in [0.5, 0.6) is 0 Å². The molecule has 0 N–H and O–H groups in total. The van der Waals surface area contributed by atoms with Crippen LogP contribution < -0.4 is 5.56 Å². The quantitative estimate of drug-likeness (QED) is 0.390. The molecule has 0 bridgehead atoms. The van der Waals surface area contributed by atoms with Gasteiger partial charge in [0.1, 0.15) is 5.15 Å². The number of fused-ring (bicyclic) bond motifs is 3. The zero-order valence-corrected chi connectivity index (χ0v) is 12.3. The van der Waals surface area contributed by atoms with E-state index in [0.717, 1.165) is 22.0 Å². The van der Waals surface area contributed by atoms with Crippen LogP contribution in [0.15, 0.2) is 71.7 Å². The number of halogens is 1. The van der Waals surface area contributed by atoms with E-state index in [9.17, 15) is 4.79 Å². The second kappa shape index (κ2) is 4.97. The van der Waals surface area contributed by atoms with Gasteiger partial charge in [-0.2, -0.15) is 0 Å². The number of benzene rings is 2. The second-order valence-electron chi connectivity index (χ2n) is 5.05. The van der Waals surface area contributed by atoms with Crippen molar-refractivity contribution in [3.05, 3.63) is 82.4 Å². The molecule has 0 spiro atoms. The van der Waals surface area contributed by atoms with Crippen LogP contribution in [0.3, 0.4) is 0 Å². The first kappa shape index (κ1) is 13.0. The van der Waals surface area contributed by atoms with Gasteiger partial charge in [0, 0.05) is 22.7 Å². The van der Waals surface area contributed by atoms with Crippen molar-refractivity contribution < 1.29 is 0 Å². The summed E-state index contributed by atoms with van der Waals surface area (Å²) in [5.41, 5.74) is 1.60. The third kappa shape index (κ3) is 1.90. The van der Waals surface area contributed by atoms with Gasteiger partial charge in [-0.1, -0.05) is 48.0 Å². The highest BCUT2D eigenvalue weighted by Gasteiger charge is 2.12. The van der Waals surface area contributed by atoms with Crippen LogP contribution in [-0.2, 0) is 0 Å². The normalized spacial score (nSPS) is 11.1. The van der Waals surface area contributed by atoms with Gasteiger partial charge < -0.3 is 0 Å². The van der Waals surface area contributed by atoms with Gasteiger partial charge in [0.05, 0.1) is 10.9 Å². The third-order valence-corrected chi connectivity index (χ3v) is 3.96. The van der Waals surface area contributed by atoms with Crippen LogP contribution in [0.1, 0.15) is 0 Å². The summed E-state index contributed by atoms with van der Waals surface area (Å²) in [5.74, 6) is 0. The fraction of sp³-hybridized carbons (Fsp3) is 0. The lowest BCUT2D eigenvalue weighted by atomic mass is 10.1. The Morgan fingerprint density at radius 1 is 0.864 bits per heavy atom. The number of pyridine rings is 2. The van der Waals surface area contributed by atoms with Crippen LogP contribution in [0.25, 0.3) is 27.4 Å². The van der Waals surface area contributed by atoms with Crippen molar-refractivity contribution in [1.82, 2.24) is 9.55 Å². The lowest BCUT2D eigenvalue weighted by Crippen LogP contribution is -2.19. The monoisotopic (exact) mass is 306 g/mol. The Hall–Kier alpha value is -2.65. The molecule has 2 aromatic carbocycles. The maximum atomic E-state index is 13.0. The van der Waals surface area contributed by atoms with Crippen molar-refractivity contribution in [3.63, 3.8) is 0 Å². The lowest BCUT2D eigenvalue weighted by molar-refractivity contribution is 1.06. The number of hydrogen-bond acceptors (Lipinski definition) is 2. The molecular weight excluding hydrogens is 296 g/mol. The first-order chi connectivity index (χ1) is 10.8. The molecule has 0 amide bonds. The Kier molecular flexibility index (Phi) is 2.94. The average molecular weight is 307 g/mol. The minimum Gasteiger partial charge on any atom is -0.276 e. The molecule has 0 fully saturated rings. The molecule has 0 radical (unpaired) electrons. The van der Waals surface area contributed by atoms with Gasteiger partial charge in [-0.15, -0.1) is 0 Å². The maximum Gasteiger partial charge on any atom is 0.263 e. The molecule has 4 heteroatoms. The molecular formula is C18H11ClN2O. The molecule has 2 heterocycles. The SMILES string of the molecule is O=c1c2cc(Cl)ncc2c2ccccc2n1-c1ccccc1. The van der Waals surface area contributed by atoms with E-state index in [-0.39, 0.29) is 5.56 Å². The molecule has 4 rings (SSSR count). The van der Waals surface area contributed by atoms with Crippen molar-refractivity contribution in [1.29, 1.82) is 0 Å². The van der Waals surface area contributed by atoms with E-state index in [4.69, 9.17) is 11.6 Å². The van der Waals surface area contributed by atoms with E-state index < -0.39 is 0 Å². The van der Waals surface area contributed by atoms with Crippen molar-refractivity contribution >= 4 is 33.3 Å². The Labute approximate surface area is 131 Å². The topological polar surface area (TPSA) is 34.9 Å². The van der Waals surface area contributed by atoms with Crippen molar-refractivity contribution in [2.45, 2.75) is 0 Å². The summed E-state index contributed by atoms with van der Waals surface area (Å²) in [6.45, 7) is 0. The molecule has 0 aliphatic heterocycles. The molecule has 2 aromatic heterocycles. The minimum atomic E-state index is -0.0933. The molecule has 0 saturated carbocycles. The predicted octanol–water partition coefficient (Wildman–Crippen LogP) is 4.19. The van der Waals surface area contributed by atoms with Crippen molar-refractivity contribution in [3.8, 4) is 5.69 Å². The minimum absolute atomic E-state index is 0.0933. The molecule has 0 atom stereocenters. The number of aromatic nitrogens is 2. The average Bonchev–Trinajstić information content (AvgIpc) is 2.56. The van der Waals surface area contributed by atoms with Crippen molar-refractivity contribution in [2.24, 2.45) is 0 Å². The van der Waals surface area contributed by atoms with Gasteiger partial charge in [0.15, 0.2) is 0 Å². The lowest BCUT2D eigenvalue weighted by Gasteiger charge is -2.13. The molecule has 106 valence electrons. The van der Waals surface area contributed by atoms with Gasteiger partial charge in [0.25, 0.3) is 5.56 Å². The first-order valence-corrected chi connectivity index (χ1v) is 7.28. The van der Waals surface area contributed by atoms with E-state index >= 15 is 0 Å². The zero-order valence-electron chi connectivity index (χ0n) is 11.5. The molecule has 0 saturated heterocycles. The molecule has 3 nitrogen and oxygen atoms in total. The van der Waals surface area contributed by atoms with E-state index in [1.165, 1.54) is 0 Å². The molecule has 22 heavy (non-hydrogen) atoms. The molecule has 0 aliphatic carbocycles. The number of para-hydroxylation sites is 2. The van der Waals surface area contributed by atoms with Crippen LogP contribution in [0.4, 0.5) is 0 Å². The Bertz CT molecular complexity index is 1060. The fourth-order valence-electron chi connectivity index (χ4n) is 2.78. The highest BCUT2D eigenvalue weighted by atomic mass is 35.5. The Morgan fingerprint density at radius 2 is 1.59 bits per heavy atom. The molecule has 0 unspecified atom stereocenters. The predicted molar refractivity (Wildman–Crippen MR) is 89.9 cm³/mol. The van der Waals surface area contributed by atoms with Gasteiger partial charge >= 0.3 is 0 Å². The fourth-order valence-corrected chi connectivity index (χ4v) is 2.94. The van der Waals surface area contributed by atoms with Gasteiger partial charge in [-0.25, -0.2) is 4.98 Å². The standard InChI is InChI=1S/C18H11ClN2O/c19-17-10-14-15(11-20-17)13-8-4-5-9-16(13)21(18(14)22)12-6-2-1-3-7-12/h1-11H. The van der Waals surface area contributed by atoms with E-state index in [1.54, 1.807) is 16.8 Å². The number of nitrogens with zero attached hydrogens (tertiary/aromatic N) is 2. The van der Waals surface area contributed by atoms with Crippen LogP contribution in [-0.4, -0.2) is 9.55 Å². The number of rotatable bonds is 1. The van der Waals surface area contributed by atoms with Gasteiger partial charge in [-0.3, -0.25) is 9.36 Å². The smallest absolute Gasteiger partial charge is 0.263 e. The van der Waals surface area contributed by atoms with E-state index in [1.807, 2.05) is 54.6 Å². The van der Waals surface area contributed by atoms with Crippen LogP contribution in [0, 0.1) is 0 Å². The Morgan fingerprint density at radius 3 is 2.41 bits per heavy atom. The van der Waals surface area contributed by atoms with Crippen molar-refractivity contribution in [2.75, 3.05) is 0 Å². The summed E-state index contributed by atoms with van der Waals surface area (Å²) in [6.07, 6.45) is 1.66. The maximum absolute atomic E-state index is 13.0. The largest absolute Gasteiger partial charge is 0.276 e. The van der Waals surface area contributed by atoms with Crippen LogP contribution >= 0.6 is 11.6 Å². The second-order valence-corrected chi connectivity index (χ2v) is 5.43. The first-order valence-electron chi connectivity index (χ1n) is 6.90. The summed E-state index contributed by atoms with van der Waals surface area (Å²) < 4.78 is 1.72. The zero-order chi connectivity index (χ0) is 15.1. The molecule has 0 aliphatic rings. The number of hydrogen-bond donors (Lipinski definition) is 0. The Balaban J connectivity index is 2.28. The summed E-state index contributed by atoms with van der Waals surface area (Å²) in [4.78, 5) is 17.1. The highest BCUT2D eigenvalue weighted by Crippen LogP contribution is 2.25. The van der Waals surface area contributed by atoms with E-state index in [0.29, 0.717) is 10.5 Å².